The Labute approximate surface area is 279 Å². The third-order valence-electron chi connectivity index (χ3n) is 8.51. The first kappa shape index (κ1) is 35.1. The molecule has 0 N–H and O–H groups in total. The molecule has 2 aliphatic rings. The average Bonchev–Trinajstić information content (AvgIpc) is 3.66. The number of benzene rings is 1. The van der Waals surface area contributed by atoms with Gasteiger partial charge in [0.1, 0.15) is 23.3 Å². The van der Waals surface area contributed by atoms with Gasteiger partial charge < -0.3 is 28.5 Å². The number of hydrogen-bond donors (Lipinski definition) is 0. The van der Waals surface area contributed by atoms with Crippen molar-refractivity contribution in [3.8, 4) is 11.4 Å². The molecular formula is C34H44F2N6O6. The minimum Gasteiger partial charge on any atom is -0.460 e. The molecule has 1 amide bonds. The fraction of sp³-hybridized carbons (Fsp3) is 0.588. The van der Waals surface area contributed by atoms with E-state index >= 15 is 4.39 Å². The van der Waals surface area contributed by atoms with E-state index in [1.54, 1.807) is 38.1 Å². The molecular weight excluding hydrogens is 626 g/mol. The molecule has 48 heavy (non-hydrogen) atoms. The van der Waals surface area contributed by atoms with E-state index in [9.17, 15) is 14.0 Å². The van der Waals surface area contributed by atoms with Gasteiger partial charge in [-0.2, -0.15) is 4.98 Å². The second-order valence-electron chi connectivity index (χ2n) is 13.8. The fourth-order valence-electron chi connectivity index (χ4n) is 6.21. The van der Waals surface area contributed by atoms with Crippen LogP contribution in [0.1, 0.15) is 84.8 Å². The van der Waals surface area contributed by atoms with Crippen molar-refractivity contribution in [2.45, 2.75) is 91.1 Å². The molecule has 0 spiro atoms. The first-order valence-corrected chi connectivity index (χ1v) is 16.4. The van der Waals surface area contributed by atoms with Crippen LogP contribution in [-0.4, -0.2) is 81.1 Å². The maximum Gasteiger partial charge on any atom is 0.410 e. The lowest BCUT2D eigenvalue weighted by molar-refractivity contribution is -0.156. The number of likely N-dealkylation sites (tertiary alicyclic amines) is 1. The van der Waals surface area contributed by atoms with Crippen molar-refractivity contribution in [3.05, 3.63) is 53.7 Å². The second kappa shape index (κ2) is 14.5. The van der Waals surface area contributed by atoms with Crippen molar-refractivity contribution in [2.75, 3.05) is 31.1 Å². The summed E-state index contributed by atoms with van der Waals surface area (Å²) in [6.45, 7) is 14.4. The summed E-state index contributed by atoms with van der Waals surface area (Å²) in [4.78, 5) is 41.9. The Bertz CT molecular complexity index is 1570. The Kier molecular flexibility index (Phi) is 10.6. The van der Waals surface area contributed by atoms with Crippen molar-refractivity contribution >= 4 is 18.0 Å². The van der Waals surface area contributed by atoms with Crippen molar-refractivity contribution in [1.82, 2.24) is 25.0 Å². The summed E-state index contributed by atoms with van der Waals surface area (Å²) in [6.07, 6.45) is 2.72. The summed E-state index contributed by atoms with van der Waals surface area (Å²) in [5, 5.41) is 4.07. The molecule has 5 rings (SSSR count). The molecule has 1 aromatic carbocycles. The van der Waals surface area contributed by atoms with Crippen LogP contribution in [0.3, 0.4) is 0 Å². The number of nitrogens with zero attached hydrogens (tertiary/aromatic N) is 6. The summed E-state index contributed by atoms with van der Waals surface area (Å²) in [5.41, 5.74) is 0.156. The van der Waals surface area contributed by atoms with Crippen LogP contribution in [0, 0.1) is 23.5 Å². The molecule has 4 atom stereocenters. The van der Waals surface area contributed by atoms with Gasteiger partial charge in [0.25, 0.3) is 5.89 Å². The Balaban J connectivity index is 1.26. The number of ether oxygens (including phenoxy) is 3. The Morgan fingerprint density at radius 1 is 1.06 bits per heavy atom. The molecule has 4 heterocycles. The summed E-state index contributed by atoms with van der Waals surface area (Å²) < 4.78 is 51.6. The van der Waals surface area contributed by atoms with E-state index in [2.05, 4.69) is 20.1 Å². The predicted octanol–water partition coefficient (Wildman–Crippen LogP) is 6.09. The maximum absolute atomic E-state index is 15.1. The third kappa shape index (κ3) is 8.44. The molecule has 14 heteroatoms. The Morgan fingerprint density at radius 3 is 2.42 bits per heavy atom. The van der Waals surface area contributed by atoms with Crippen LogP contribution < -0.4 is 4.90 Å². The molecule has 2 saturated heterocycles. The van der Waals surface area contributed by atoms with E-state index < -0.39 is 29.3 Å². The van der Waals surface area contributed by atoms with Crippen LogP contribution in [-0.2, 0) is 19.0 Å². The van der Waals surface area contributed by atoms with Crippen LogP contribution >= 0.6 is 0 Å². The van der Waals surface area contributed by atoms with Gasteiger partial charge in [0.05, 0.1) is 30.9 Å². The van der Waals surface area contributed by atoms with E-state index in [0.717, 1.165) is 12.1 Å². The topological polar surface area (TPSA) is 133 Å². The number of halogens is 2. The fourth-order valence-corrected chi connectivity index (χ4v) is 6.21. The lowest BCUT2D eigenvalue weighted by Gasteiger charge is -2.39. The standard InChI is InChI=1S/C34H44F2N6O6/c1-8-21(11-29(43)47-34(5,6)7)26-17-41(18-27(26)25-12-23(35)9-10-28(25)36)32-37-13-22(14-38-32)30-39-31(48-40-30)20(4)46-24-15-42(16-24)33(44)45-19(2)3/h9-10,12-14,19-21,24,26-27H,8,11,15-18H2,1-7H3. The van der Waals surface area contributed by atoms with E-state index in [1.165, 1.54) is 6.07 Å². The monoisotopic (exact) mass is 670 g/mol. The zero-order valence-corrected chi connectivity index (χ0v) is 28.5. The predicted molar refractivity (Wildman–Crippen MR) is 171 cm³/mol. The quantitative estimate of drug-likeness (QED) is 0.220. The number of rotatable bonds is 11. The minimum absolute atomic E-state index is 0.143. The molecule has 0 saturated carbocycles. The summed E-state index contributed by atoms with van der Waals surface area (Å²) in [6, 6.07) is 3.48. The van der Waals surface area contributed by atoms with Gasteiger partial charge in [-0.15, -0.1) is 0 Å². The van der Waals surface area contributed by atoms with E-state index in [1.807, 2.05) is 32.6 Å². The summed E-state index contributed by atoms with van der Waals surface area (Å²) in [7, 11) is 0. The molecule has 260 valence electrons. The van der Waals surface area contributed by atoms with Gasteiger partial charge in [-0.1, -0.05) is 18.5 Å². The highest BCUT2D eigenvalue weighted by molar-refractivity contribution is 5.70. The number of aromatic nitrogens is 4. The molecule has 12 nitrogen and oxygen atoms in total. The highest BCUT2D eigenvalue weighted by Gasteiger charge is 2.41. The summed E-state index contributed by atoms with van der Waals surface area (Å²) in [5.74, 6) is -1.12. The normalized spacial score (nSPS) is 19.7. The number of anilines is 1. The molecule has 0 aliphatic carbocycles. The van der Waals surface area contributed by atoms with Gasteiger partial charge in [-0.3, -0.25) is 4.79 Å². The van der Waals surface area contributed by atoms with Crippen LogP contribution in [0.25, 0.3) is 11.4 Å². The molecule has 2 aliphatic heterocycles. The molecule has 2 aromatic heterocycles. The van der Waals surface area contributed by atoms with Crippen LogP contribution in [0.2, 0.25) is 0 Å². The smallest absolute Gasteiger partial charge is 0.410 e. The van der Waals surface area contributed by atoms with Gasteiger partial charge in [0, 0.05) is 37.8 Å². The largest absolute Gasteiger partial charge is 0.460 e. The summed E-state index contributed by atoms with van der Waals surface area (Å²) >= 11 is 0. The van der Waals surface area contributed by atoms with Gasteiger partial charge in [0.15, 0.2) is 0 Å². The Hall–Kier alpha value is -4.20. The lowest BCUT2D eigenvalue weighted by atomic mass is 9.77. The maximum atomic E-state index is 15.1. The molecule has 0 bridgehead atoms. The van der Waals surface area contributed by atoms with Crippen molar-refractivity contribution in [3.63, 3.8) is 0 Å². The Morgan fingerprint density at radius 2 is 1.77 bits per heavy atom. The van der Waals surface area contributed by atoms with E-state index in [0.29, 0.717) is 44.1 Å². The van der Waals surface area contributed by atoms with Crippen molar-refractivity contribution in [2.24, 2.45) is 11.8 Å². The number of amides is 1. The van der Waals surface area contributed by atoms with Crippen LogP contribution in [0.5, 0.6) is 0 Å². The zero-order chi connectivity index (χ0) is 34.7. The van der Waals surface area contributed by atoms with Gasteiger partial charge >= 0.3 is 12.1 Å². The van der Waals surface area contributed by atoms with E-state index in [-0.39, 0.29) is 59.8 Å². The van der Waals surface area contributed by atoms with Gasteiger partial charge in [-0.25, -0.2) is 23.5 Å². The van der Waals surface area contributed by atoms with Crippen molar-refractivity contribution in [1.29, 1.82) is 0 Å². The van der Waals surface area contributed by atoms with Gasteiger partial charge in [0.2, 0.25) is 11.8 Å². The molecule has 2 fully saturated rings. The lowest BCUT2D eigenvalue weighted by Crippen LogP contribution is -2.55. The SMILES string of the molecule is CCC(CC(=O)OC(C)(C)C)C1CN(c2ncc(-c3noc(C(C)OC4CN(C(=O)OC(C)C)C4)n3)cn2)CC1c1cc(F)ccc1F. The zero-order valence-electron chi connectivity index (χ0n) is 28.5. The third-order valence-corrected chi connectivity index (χ3v) is 8.51. The van der Waals surface area contributed by atoms with Crippen molar-refractivity contribution < 1.29 is 37.1 Å². The first-order chi connectivity index (χ1) is 22.7. The first-order valence-electron chi connectivity index (χ1n) is 16.4. The number of hydrogen-bond acceptors (Lipinski definition) is 11. The molecule has 0 radical (unpaired) electrons. The number of carbonyl (C=O) groups excluding carboxylic acids is 2. The second-order valence-corrected chi connectivity index (χ2v) is 13.8. The molecule has 4 unspecified atom stereocenters. The number of esters is 1. The van der Waals surface area contributed by atoms with Gasteiger partial charge in [-0.05, 0) is 77.1 Å². The highest BCUT2D eigenvalue weighted by atomic mass is 19.1. The van der Waals surface area contributed by atoms with Crippen LogP contribution in [0.15, 0.2) is 35.1 Å². The van der Waals surface area contributed by atoms with Crippen LogP contribution in [0.4, 0.5) is 19.5 Å². The van der Waals surface area contributed by atoms with E-state index in [4.69, 9.17) is 18.7 Å². The average molecular weight is 671 g/mol. The highest BCUT2D eigenvalue weighted by Crippen LogP contribution is 2.42. The molecule has 3 aromatic rings. The minimum atomic E-state index is -0.631. The number of carbonyl (C=O) groups is 2.